The van der Waals surface area contributed by atoms with E-state index in [2.05, 4.69) is 10.2 Å². The van der Waals surface area contributed by atoms with Gasteiger partial charge in [-0.05, 0) is 36.8 Å². The molecule has 0 saturated carbocycles. The molecule has 0 saturated heterocycles. The van der Waals surface area contributed by atoms with Crippen molar-refractivity contribution in [2.24, 2.45) is 0 Å². The van der Waals surface area contributed by atoms with Gasteiger partial charge in [-0.15, -0.1) is 10.2 Å². The van der Waals surface area contributed by atoms with Crippen LogP contribution in [0.1, 0.15) is 17.3 Å². The van der Waals surface area contributed by atoms with E-state index in [0.717, 1.165) is 17.1 Å². The van der Waals surface area contributed by atoms with E-state index in [9.17, 15) is 0 Å². The van der Waals surface area contributed by atoms with Gasteiger partial charge in [0.2, 0.25) is 0 Å². The molecule has 3 rings (SSSR count). The quantitative estimate of drug-likeness (QED) is 0.696. The Morgan fingerprint density at radius 1 is 0.818 bits per heavy atom. The molecule has 3 aromatic rings. The van der Waals surface area contributed by atoms with E-state index in [1.54, 1.807) is 0 Å². The number of aryl methyl sites for hydroxylation is 1. The molecule has 1 heterocycles. The summed E-state index contributed by atoms with van der Waals surface area (Å²) in [7, 11) is 0. The third kappa shape index (κ3) is 3.85. The molecule has 0 aliphatic heterocycles. The maximum absolute atomic E-state index is 5.61. The van der Waals surface area contributed by atoms with Crippen LogP contribution in [0.15, 0.2) is 59.0 Å². The third-order valence-corrected chi connectivity index (χ3v) is 2.97. The first kappa shape index (κ1) is 14.1. The predicted octanol–water partition coefficient (Wildman–Crippen LogP) is 3.54. The zero-order valence-corrected chi connectivity index (χ0v) is 12.2. The number of nitrogens with zero attached hydrogens (tertiary/aromatic N) is 2. The van der Waals surface area contributed by atoms with Crippen molar-refractivity contribution in [3.8, 4) is 11.5 Å². The van der Waals surface area contributed by atoms with Gasteiger partial charge in [-0.3, -0.25) is 0 Å². The molecule has 0 aliphatic carbocycles. The van der Waals surface area contributed by atoms with E-state index < -0.39 is 0 Å². The highest BCUT2D eigenvalue weighted by atomic mass is 16.5. The number of benzene rings is 2. The van der Waals surface area contributed by atoms with Gasteiger partial charge in [-0.2, -0.15) is 0 Å². The van der Waals surface area contributed by atoms with Gasteiger partial charge in [0.15, 0.2) is 13.2 Å². The van der Waals surface area contributed by atoms with E-state index >= 15 is 0 Å². The molecular formula is C17H16N2O3. The first-order chi connectivity index (χ1) is 10.8. The van der Waals surface area contributed by atoms with Gasteiger partial charge in [0.1, 0.15) is 11.5 Å². The summed E-state index contributed by atoms with van der Waals surface area (Å²) < 4.78 is 16.6. The summed E-state index contributed by atoms with van der Waals surface area (Å²) >= 11 is 0. The van der Waals surface area contributed by atoms with Gasteiger partial charge in [-0.1, -0.05) is 30.3 Å². The van der Waals surface area contributed by atoms with Crippen LogP contribution in [0.5, 0.6) is 11.5 Å². The summed E-state index contributed by atoms with van der Waals surface area (Å²) in [6, 6.07) is 17.3. The van der Waals surface area contributed by atoms with Gasteiger partial charge in [0.05, 0.1) is 0 Å². The van der Waals surface area contributed by atoms with Crippen molar-refractivity contribution in [3.63, 3.8) is 0 Å². The van der Waals surface area contributed by atoms with Crippen LogP contribution in [0.3, 0.4) is 0 Å². The first-order valence-electron chi connectivity index (χ1n) is 6.98. The molecule has 0 amide bonds. The van der Waals surface area contributed by atoms with E-state index in [1.165, 1.54) is 0 Å². The minimum Gasteiger partial charge on any atom is -0.484 e. The Bertz CT molecular complexity index is 726. The Balaban J connectivity index is 1.53. The maximum atomic E-state index is 5.61. The van der Waals surface area contributed by atoms with Crippen LogP contribution in [-0.2, 0) is 13.2 Å². The van der Waals surface area contributed by atoms with Crippen molar-refractivity contribution in [1.29, 1.82) is 0 Å². The molecule has 0 N–H and O–H groups in total. The predicted molar refractivity (Wildman–Crippen MR) is 80.6 cm³/mol. The first-order valence-corrected chi connectivity index (χ1v) is 6.98. The highest BCUT2D eigenvalue weighted by Gasteiger charge is 2.07. The molecule has 0 aliphatic rings. The fourth-order valence-electron chi connectivity index (χ4n) is 1.92. The Labute approximate surface area is 128 Å². The zero-order chi connectivity index (χ0) is 15.2. The van der Waals surface area contributed by atoms with Gasteiger partial charge >= 0.3 is 0 Å². The molecule has 0 atom stereocenters. The molecule has 112 valence electrons. The Hall–Kier alpha value is -2.82. The van der Waals surface area contributed by atoms with E-state index in [4.69, 9.17) is 13.9 Å². The van der Waals surface area contributed by atoms with Crippen molar-refractivity contribution >= 4 is 0 Å². The molecule has 0 radical (unpaired) electrons. The smallest absolute Gasteiger partial charge is 0.254 e. The molecule has 2 aromatic carbocycles. The van der Waals surface area contributed by atoms with Crippen LogP contribution in [0.25, 0.3) is 0 Å². The number of ether oxygens (including phenoxy) is 2. The molecule has 0 fully saturated rings. The fourth-order valence-corrected chi connectivity index (χ4v) is 1.92. The van der Waals surface area contributed by atoms with Crippen molar-refractivity contribution < 1.29 is 13.9 Å². The van der Waals surface area contributed by atoms with Crippen molar-refractivity contribution in [2.75, 3.05) is 0 Å². The van der Waals surface area contributed by atoms with E-state index in [1.807, 2.05) is 61.5 Å². The average Bonchev–Trinajstić information content (AvgIpc) is 3.00. The average molecular weight is 296 g/mol. The molecule has 5 heteroatoms. The van der Waals surface area contributed by atoms with Crippen LogP contribution in [0.4, 0.5) is 0 Å². The second-order valence-electron chi connectivity index (χ2n) is 4.80. The molecule has 0 unspecified atom stereocenters. The normalized spacial score (nSPS) is 10.4. The Morgan fingerprint density at radius 2 is 1.45 bits per heavy atom. The topological polar surface area (TPSA) is 57.4 Å². The van der Waals surface area contributed by atoms with Crippen LogP contribution in [0, 0.1) is 6.92 Å². The second-order valence-corrected chi connectivity index (χ2v) is 4.80. The maximum Gasteiger partial charge on any atom is 0.254 e. The van der Waals surface area contributed by atoms with Crippen molar-refractivity contribution in [3.05, 3.63) is 71.9 Å². The molecule has 1 aromatic heterocycles. The number of aromatic nitrogens is 2. The summed E-state index contributed by atoms with van der Waals surface area (Å²) in [5.41, 5.74) is 1.14. The number of rotatable bonds is 6. The Morgan fingerprint density at radius 3 is 2.14 bits per heavy atom. The van der Waals surface area contributed by atoms with Gasteiger partial charge in [0.25, 0.3) is 11.8 Å². The summed E-state index contributed by atoms with van der Waals surface area (Å²) in [6.45, 7) is 2.49. The van der Waals surface area contributed by atoms with Crippen LogP contribution in [0.2, 0.25) is 0 Å². The number of hydrogen-bond donors (Lipinski definition) is 0. The molecule has 5 nitrogen and oxygen atoms in total. The van der Waals surface area contributed by atoms with Gasteiger partial charge in [-0.25, -0.2) is 0 Å². The van der Waals surface area contributed by atoms with Gasteiger partial charge < -0.3 is 13.9 Å². The van der Waals surface area contributed by atoms with Crippen LogP contribution >= 0.6 is 0 Å². The number of para-hydroxylation sites is 1. The lowest BCUT2D eigenvalue weighted by Gasteiger charge is -2.03. The minimum atomic E-state index is 0.238. The zero-order valence-electron chi connectivity index (χ0n) is 12.2. The lowest BCUT2D eigenvalue weighted by Crippen LogP contribution is -1.96. The minimum absolute atomic E-state index is 0.238. The molecular weight excluding hydrogens is 280 g/mol. The Kier molecular flexibility index (Phi) is 4.34. The van der Waals surface area contributed by atoms with Crippen molar-refractivity contribution in [1.82, 2.24) is 10.2 Å². The number of hydrogen-bond acceptors (Lipinski definition) is 5. The van der Waals surface area contributed by atoms with Crippen LogP contribution in [-0.4, -0.2) is 10.2 Å². The second kappa shape index (κ2) is 6.76. The third-order valence-electron chi connectivity index (χ3n) is 2.97. The molecule has 0 bridgehead atoms. The highest BCUT2D eigenvalue weighted by molar-refractivity contribution is 5.27. The van der Waals surface area contributed by atoms with E-state index in [-0.39, 0.29) is 13.2 Å². The molecule has 22 heavy (non-hydrogen) atoms. The lowest BCUT2D eigenvalue weighted by molar-refractivity contribution is 0.231. The summed E-state index contributed by atoms with van der Waals surface area (Å²) in [4.78, 5) is 0. The summed E-state index contributed by atoms with van der Waals surface area (Å²) in [6.07, 6.45) is 0. The SMILES string of the molecule is Cc1cccc(OCc2nnc(COc3ccccc3)o2)c1. The fraction of sp³-hybridized carbons (Fsp3) is 0.176. The monoisotopic (exact) mass is 296 g/mol. The van der Waals surface area contributed by atoms with Crippen molar-refractivity contribution in [2.45, 2.75) is 20.1 Å². The highest BCUT2D eigenvalue weighted by Crippen LogP contribution is 2.15. The van der Waals surface area contributed by atoms with E-state index in [0.29, 0.717) is 11.8 Å². The summed E-state index contributed by atoms with van der Waals surface area (Å²) in [5.74, 6) is 2.39. The van der Waals surface area contributed by atoms with Gasteiger partial charge in [0, 0.05) is 0 Å². The standard InChI is InChI=1S/C17H16N2O3/c1-13-6-5-9-15(10-13)21-12-17-19-18-16(22-17)11-20-14-7-3-2-4-8-14/h2-10H,11-12H2,1H3. The van der Waals surface area contributed by atoms with Crippen LogP contribution < -0.4 is 9.47 Å². The summed E-state index contributed by atoms with van der Waals surface area (Å²) in [5, 5.41) is 7.88. The largest absolute Gasteiger partial charge is 0.484 e. The molecule has 0 spiro atoms. The lowest BCUT2D eigenvalue weighted by atomic mass is 10.2.